The van der Waals surface area contributed by atoms with Crippen LogP contribution in [0.25, 0.3) is 0 Å². The molecule has 2 N–H and O–H groups in total. The Hall–Kier alpha value is -2.58. The van der Waals surface area contributed by atoms with Crippen LogP contribution in [0.1, 0.15) is 29.5 Å². The van der Waals surface area contributed by atoms with Crippen molar-refractivity contribution in [2.24, 2.45) is 0 Å². The molecule has 6 nitrogen and oxygen atoms in total. The van der Waals surface area contributed by atoms with Gasteiger partial charge in [-0.2, -0.15) is 13.2 Å². The molecule has 0 saturated carbocycles. The minimum absolute atomic E-state index is 0.000949. The lowest BCUT2D eigenvalue weighted by Gasteiger charge is -2.18. The molecule has 9 heteroatoms. The first-order valence-corrected chi connectivity index (χ1v) is 7.64. The number of amides is 3. The van der Waals surface area contributed by atoms with Crippen LogP contribution in [-0.4, -0.2) is 36.2 Å². The fraction of sp³-hybridized carbons (Fsp3) is 0.438. The smallest absolute Gasteiger partial charge is 0.357 e. The summed E-state index contributed by atoms with van der Waals surface area (Å²) in [6.07, 6.45) is -3.93. The van der Waals surface area contributed by atoms with Crippen molar-refractivity contribution in [1.29, 1.82) is 0 Å². The third kappa shape index (κ3) is 4.49. The van der Waals surface area contributed by atoms with Gasteiger partial charge in [-0.3, -0.25) is 14.4 Å². The molecule has 0 aliphatic carbocycles. The summed E-state index contributed by atoms with van der Waals surface area (Å²) >= 11 is 0. The molecule has 0 unspecified atom stereocenters. The highest BCUT2D eigenvalue weighted by Crippen LogP contribution is 2.33. The van der Waals surface area contributed by atoms with Crippen molar-refractivity contribution < 1.29 is 27.6 Å². The second kappa shape index (κ2) is 7.54. The van der Waals surface area contributed by atoms with E-state index in [1.54, 1.807) is 0 Å². The van der Waals surface area contributed by atoms with E-state index in [-0.39, 0.29) is 31.8 Å². The standard InChI is InChI=1S/C16H18F3N3O3/c1-20-15(25)13(21-9-23)4-5-14(24)22-7-10-2-3-12(16(17,18)19)6-11(10)8-22/h2-3,6,9,13H,4-5,7-8H2,1H3,(H,20,25)(H,21,23)/t13-/m1/s1. The van der Waals surface area contributed by atoms with Crippen molar-refractivity contribution in [3.05, 3.63) is 34.9 Å². The number of hydrogen-bond donors (Lipinski definition) is 2. The molecule has 136 valence electrons. The van der Waals surface area contributed by atoms with Gasteiger partial charge in [0.25, 0.3) is 0 Å². The lowest BCUT2D eigenvalue weighted by atomic mass is 10.1. The number of rotatable bonds is 6. The van der Waals surface area contributed by atoms with Crippen molar-refractivity contribution in [2.45, 2.75) is 38.1 Å². The summed E-state index contributed by atoms with van der Waals surface area (Å²) in [5.74, 6) is -0.703. The van der Waals surface area contributed by atoms with Gasteiger partial charge in [0.2, 0.25) is 18.2 Å². The van der Waals surface area contributed by atoms with E-state index in [0.717, 1.165) is 12.1 Å². The maximum atomic E-state index is 12.7. The maximum absolute atomic E-state index is 12.7. The predicted octanol–water partition coefficient (Wildman–Crippen LogP) is 1.19. The monoisotopic (exact) mass is 357 g/mol. The summed E-state index contributed by atoms with van der Waals surface area (Å²) in [5, 5.41) is 4.72. The number of hydrogen-bond acceptors (Lipinski definition) is 3. The Balaban J connectivity index is 1.98. The first-order chi connectivity index (χ1) is 11.8. The van der Waals surface area contributed by atoms with Crippen LogP contribution in [0.3, 0.4) is 0 Å². The van der Waals surface area contributed by atoms with Crippen molar-refractivity contribution >= 4 is 18.2 Å². The third-order valence-electron chi connectivity index (χ3n) is 4.09. The van der Waals surface area contributed by atoms with Gasteiger partial charge in [0.1, 0.15) is 6.04 Å². The number of fused-ring (bicyclic) bond motifs is 1. The largest absolute Gasteiger partial charge is 0.416 e. The molecule has 0 fully saturated rings. The normalized spacial score (nSPS) is 14.6. The van der Waals surface area contributed by atoms with Gasteiger partial charge in [0.15, 0.2) is 0 Å². The zero-order valence-electron chi connectivity index (χ0n) is 13.5. The molecule has 25 heavy (non-hydrogen) atoms. The Kier molecular flexibility index (Phi) is 5.66. The van der Waals surface area contributed by atoms with E-state index >= 15 is 0 Å². The molecule has 0 aromatic heterocycles. The molecule has 1 atom stereocenters. The van der Waals surface area contributed by atoms with E-state index in [0.29, 0.717) is 17.5 Å². The van der Waals surface area contributed by atoms with E-state index in [1.165, 1.54) is 18.0 Å². The molecular formula is C16H18F3N3O3. The Labute approximate surface area is 142 Å². The summed E-state index contributed by atoms with van der Waals surface area (Å²) in [5.41, 5.74) is 0.405. The number of carbonyl (C=O) groups is 3. The number of nitrogens with zero attached hydrogens (tertiary/aromatic N) is 1. The number of halogens is 3. The van der Waals surface area contributed by atoms with Gasteiger partial charge in [-0.15, -0.1) is 0 Å². The number of likely N-dealkylation sites (N-methyl/N-ethyl adjacent to an activating group) is 1. The van der Waals surface area contributed by atoms with Gasteiger partial charge < -0.3 is 15.5 Å². The molecule has 3 amide bonds. The van der Waals surface area contributed by atoms with Crippen LogP contribution in [-0.2, 0) is 33.6 Å². The van der Waals surface area contributed by atoms with Crippen molar-refractivity contribution in [3.63, 3.8) is 0 Å². The Bertz CT molecular complexity index is 676. The van der Waals surface area contributed by atoms with Gasteiger partial charge in [-0.1, -0.05) is 6.07 Å². The first kappa shape index (κ1) is 18.8. The molecule has 1 aliphatic heterocycles. The maximum Gasteiger partial charge on any atom is 0.416 e. The molecule has 0 radical (unpaired) electrons. The Morgan fingerprint density at radius 3 is 2.56 bits per heavy atom. The minimum Gasteiger partial charge on any atom is -0.357 e. The van der Waals surface area contributed by atoms with Crippen molar-refractivity contribution in [2.75, 3.05) is 7.05 Å². The van der Waals surface area contributed by atoms with Crippen LogP contribution in [0.4, 0.5) is 13.2 Å². The van der Waals surface area contributed by atoms with Gasteiger partial charge >= 0.3 is 6.18 Å². The number of carbonyl (C=O) groups excluding carboxylic acids is 3. The van der Waals surface area contributed by atoms with E-state index in [9.17, 15) is 27.6 Å². The Morgan fingerprint density at radius 2 is 1.96 bits per heavy atom. The van der Waals surface area contributed by atoms with Gasteiger partial charge in [0.05, 0.1) is 5.56 Å². The second-order valence-corrected chi connectivity index (χ2v) is 5.72. The van der Waals surface area contributed by atoms with Crippen LogP contribution in [0.5, 0.6) is 0 Å². The lowest BCUT2D eigenvalue weighted by Crippen LogP contribution is -2.43. The molecule has 1 aliphatic rings. The molecule has 0 spiro atoms. The summed E-state index contributed by atoms with van der Waals surface area (Å²) in [7, 11) is 1.42. The van der Waals surface area contributed by atoms with Gasteiger partial charge in [0, 0.05) is 26.6 Å². The fourth-order valence-corrected chi connectivity index (χ4v) is 2.72. The second-order valence-electron chi connectivity index (χ2n) is 5.72. The van der Waals surface area contributed by atoms with E-state index in [4.69, 9.17) is 0 Å². The van der Waals surface area contributed by atoms with Crippen LogP contribution >= 0.6 is 0 Å². The molecule has 1 aromatic rings. The van der Waals surface area contributed by atoms with Crippen molar-refractivity contribution in [1.82, 2.24) is 15.5 Å². The molecular weight excluding hydrogens is 339 g/mol. The van der Waals surface area contributed by atoms with Gasteiger partial charge in [-0.25, -0.2) is 0 Å². The average Bonchev–Trinajstić information content (AvgIpc) is 3.00. The first-order valence-electron chi connectivity index (χ1n) is 7.64. The zero-order chi connectivity index (χ0) is 18.6. The molecule has 1 heterocycles. The highest BCUT2D eigenvalue weighted by Gasteiger charge is 2.33. The minimum atomic E-state index is -4.42. The molecule has 1 aromatic carbocycles. The van der Waals surface area contributed by atoms with Crippen LogP contribution < -0.4 is 10.6 Å². The predicted molar refractivity (Wildman–Crippen MR) is 82.0 cm³/mol. The summed E-state index contributed by atoms with van der Waals surface area (Å²) < 4.78 is 38.2. The topological polar surface area (TPSA) is 78.5 Å². The molecule has 0 bridgehead atoms. The summed E-state index contributed by atoms with van der Waals surface area (Å²) in [6, 6.07) is 2.62. The summed E-state index contributed by atoms with van der Waals surface area (Å²) in [6.45, 7) is 0.335. The quantitative estimate of drug-likeness (QED) is 0.751. The SMILES string of the molecule is CNC(=O)[C@@H](CCC(=O)N1Cc2ccc(C(F)(F)F)cc2C1)NC=O. The molecule has 2 rings (SSSR count). The van der Waals surface area contributed by atoms with Crippen LogP contribution in [0, 0.1) is 0 Å². The van der Waals surface area contributed by atoms with E-state index < -0.39 is 23.7 Å². The number of benzene rings is 1. The van der Waals surface area contributed by atoms with Crippen LogP contribution in [0.2, 0.25) is 0 Å². The Morgan fingerprint density at radius 1 is 1.28 bits per heavy atom. The van der Waals surface area contributed by atoms with Gasteiger partial charge in [-0.05, 0) is 29.7 Å². The van der Waals surface area contributed by atoms with Crippen LogP contribution in [0.15, 0.2) is 18.2 Å². The van der Waals surface area contributed by atoms with E-state index in [2.05, 4.69) is 10.6 Å². The summed E-state index contributed by atoms with van der Waals surface area (Å²) in [4.78, 5) is 35.8. The number of alkyl halides is 3. The lowest BCUT2D eigenvalue weighted by molar-refractivity contribution is -0.137. The van der Waals surface area contributed by atoms with E-state index in [1.807, 2.05) is 0 Å². The highest BCUT2D eigenvalue weighted by molar-refractivity contribution is 5.84. The average molecular weight is 357 g/mol. The highest BCUT2D eigenvalue weighted by atomic mass is 19.4. The molecule has 0 saturated heterocycles. The van der Waals surface area contributed by atoms with Crippen molar-refractivity contribution in [3.8, 4) is 0 Å². The zero-order valence-corrected chi connectivity index (χ0v) is 13.5. The third-order valence-corrected chi connectivity index (χ3v) is 4.09. The fourth-order valence-electron chi connectivity index (χ4n) is 2.72. The number of nitrogens with one attached hydrogen (secondary N) is 2.